The van der Waals surface area contributed by atoms with Gasteiger partial charge < -0.3 is 44.3 Å². The Balaban J connectivity index is 1.57. The quantitative estimate of drug-likeness (QED) is 0.227. The summed E-state index contributed by atoms with van der Waals surface area (Å²) in [5, 5.41) is 49.1. The molecule has 2 fully saturated rings. The zero-order chi connectivity index (χ0) is 45.2. The number of aliphatic hydroxyl groups is 4. The normalized spacial score (nSPS) is 36.5. The molecule has 15 heteroatoms. The number of carbonyl (C=O) groups excluding carboxylic acids is 2. The van der Waals surface area contributed by atoms with Crippen LogP contribution in [0, 0.1) is 17.8 Å². The number of likely N-dealkylation sites (N-methyl/N-ethyl adjacent to an activating group) is 2. The van der Waals surface area contributed by atoms with Crippen molar-refractivity contribution in [3.8, 4) is 0 Å². The number of hydrogen-bond acceptors (Lipinski definition) is 13. The van der Waals surface area contributed by atoms with Gasteiger partial charge in [-0.05, 0) is 102 Å². The summed E-state index contributed by atoms with van der Waals surface area (Å²) in [5.41, 5.74) is -3.39. The predicted octanol–water partition coefficient (Wildman–Crippen LogP) is 4.75. The van der Waals surface area contributed by atoms with E-state index in [0.717, 1.165) is 10.8 Å². The van der Waals surface area contributed by atoms with Gasteiger partial charge in [-0.15, -0.1) is 0 Å². The lowest BCUT2D eigenvalue weighted by Gasteiger charge is -2.47. The van der Waals surface area contributed by atoms with Gasteiger partial charge in [0.05, 0.1) is 46.3 Å². The van der Waals surface area contributed by atoms with Crippen LogP contribution in [0.15, 0.2) is 77.7 Å². The van der Waals surface area contributed by atoms with Crippen molar-refractivity contribution in [2.24, 2.45) is 17.8 Å². The van der Waals surface area contributed by atoms with E-state index in [9.17, 15) is 38.4 Å². The van der Waals surface area contributed by atoms with Crippen molar-refractivity contribution in [3.63, 3.8) is 0 Å². The number of carbonyl (C=O) groups is 2. The number of esters is 2. The first kappa shape index (κ1) is 48.5. The SMILES string of the molecule is CC[C@H]1OC(=O)[C@H](C)[C@@H](O)[C@H](C)[C@@H](OC2OC(C)CC(N(C)S(=O)(=O)c3ccc4ccccc4c3)C2OC(=O)c2ccccc2)[C@@](C)(O)C[C@@H](C)CN(C)[C@H](C)[C@@H](O)[C@]1(C)O. The molecule has 0 aromatic heterocycles. The average molecular weight is 871 g/mol. The summed E-state index contributed by atoms with van der Waals surface area (Å²) in [6, 6.07) is 18.8. The standard InChI is InChI=1S/C46H66N2O12S/c1-11-37-46(8,54)40(50)31(6)47(9)26-27(2)25-45(7,53)41(29(4)38(49)30(5)42(51)58-37)60-44-39(59-43(52)33-18-13-12-14-19-33)36(23-28(3)57-44)48(10)61(55,56)35-22-21-32-17-15-16-20-34(32)24-35/h12-22,24,27-31,36-41,44,49-50,53-54H,11,23,25-26H2,1-10H3/t27-,28?,29+,30-,31-,36?,37-,38+,39?,40-,41-,44?,45+,46-/m1/s1. The number of ether oxygens (including phenoxy) is 4. The Labute approximate surface area is 360 Å². The molecule has 2 aliphatic heterocycles. The Hall–Kier alpha value is -3.51. The minimum atomic E-state index is -4.22. The number of nitrogens with zero attached hydrogens (tertiary/aromatic N) is 2. The fraction of sp³-hybridized carbons (Fsp3) is 0.609. The maximum atomic E-state index is 14.5. The number of sulfonamides is 1. The van der Waals surface area contributed by atoms with Gasteiger partial charge in [-0.2, -0.15) is 4.31 Å². The lowest BCUT2D eigenvalue weighted by molar-refractivity contribution is -0.296. The highest BCUT2D eigenvalue weighted by molar-refractivity contribution is 7.89. The number of rotatable bonds is 8. The summed E-state index contributed by atoms with van der Waals surface area (Å²) in [6.45, 7) is 13.5. The molecule has 0 saturated carbocycles. The molecular weight excluding hydrogens is 805 g/mol. The molecule has 4 N–H and O–H groups in total. The number of aliphatic hydroxyl groups excluding tert-OH is 2. The van der Waals surface area contributed by atoms with E-state index in [1.54, 1.807) is 84.1 Å². The van der Waals surface area contributed by atoms with Crippen molar-refractivity contribution in [2.45, 2.75) is 146 Å². The molecule has 4 unspecified atom stereocenters. The van der Waals surface area contributed by atoms with Crippen LogP contribution in [0.1, 0.15) is 85.0 Å². The number of benzene rings is 3. The number of hydrogen-bond donors (Lipinski definition) is 4. The van der Waals surface area contributed by atoms with E-state index in [1.165, 1.54) is 31.3 Å². The molecule has 338 valence electrons. The van der Waals surface area contributed by atoms with Crippen LogP contribution < -0.4 is 0 Å². The smallest absolute Gasteiger partial charge is 0.338 e. The lowest BCUT2D eigenvalue weighted by atomic mass is 9.78. The first-order chi connectivity index (χ1) is 28.5. The van der Waals surface area contributed by atoms with Gasteiger partial charge in [0.15, 0.2) is 12.4 Å². The second-order valence-electron chi connectivity index (χ2n) is 17.9. The molecule has 14 atom stereocenters. The molecule has 3 aromatic rings. The van der Waals surface area contributed by atoms with Crippen LogP contribution in [-0.2, 0) is 33.8 Å². The third-order valence-corrected chi connectivity index (χ3v) is 14.8. The van der Waals surface area contributed by atoms with Gasteiger partial charge in [0.2, 0.25) is 10.0 Å². The summed E-state index contributed by atoms with van der Waals surface area (Å²) < 4.78 is 55.3. The highest BCUT2D eigenvalue weighted by atomic mass is 32.2. The third-order valence-electron chi connectivity index (χ3n) is 12.9. The van der Waals surface area contributed by atoms with Crippen LogP contribution >= 0.6 is 0 Å². The van der Waals surface area contributed by atoms with Crippen molar-refractivity contribution in [2.75, 3.05) is 20.6 Å². The lowest BCUT2D eigenvalue weighted by Crippen LogP contribution is -2.61. The zero-order valence-corrected chi connectivity index (χ0v) is 37.9. The van der Waals surface area contributed by atoms with E-state index in [2.05, 4.69) is 0 Å². The van der Waals surface area contributed by atoms with Crippen LogP contribution in [0.25, 0.3) is 10.8 Å². The molecule has 2 saturated heterocycles. The molecule has 0 amide bonds. The van der Waals surface area contributed by atoms with Crippen molar-refractivity contribution in [3.05, 3.63) is 78.4 Å². The molecule has 2 heterocycles. The predicted molar refractivity (Wildman–Crippen MR) is 230 cm³/mol. The molecular formula is C46H66N2O12S. The van der Waals surface area contributed by atoms with Gasteiger partial charge in [-0.25, -0.2) is 13.2 Å². The van der Waals surface area contributed by atoms with E-state index < -0.39 is 100.0 Å². The molecule has 14 nitrogen and oxygen atoms in total. The largest absolute Gasteiger partial charge is 0.459 e. The van der Waals surface area contributed by atoms with Gasteiger partial charge >= 0.3 is 11.9 Å². The zero-order valence-electron chi connectivity index (χ0n) is 37.0. The van der Waals surface area contributed by atoms with E-state index in [4.69, 9.17) is 18.9 Å². The number of cyclic esters (lactones) is 1. The molecule has 0 bridgehead atoms. The minimum Gasteiger partial charge on any atom is -0.459 e. The monoisotopic (exact) mass is 870 g/mol. The molecule has 3 aromatic carbocycles. The van der Waals surface area contributed by atoms with Crippen molar-refractivity contribution < 1.29 is 57.4 Å². The number of fused-ring (bicyclic) bond motifs is 1. The van der Waals surface area contributed by atoms with Crippen molar-refractivity contribution >= 4 is 32.7 Å². The maximum Gasteiger partial charge on any atom is 0.338 e. The van der Waals surface area contributed by atoms with Crippen LogP contribution in [0.5, 0.6) is 0 Å². The van der Waals surface area contributed by atoms with Gasteiger partial charge in [-0.1, -0.05) is 69.3 Å². The first-order valence-electron chi connectivity index (χ1n) is 21.3. The fourth-order valence-corrected chi connectivity index (χ4v) is 10.5. The Kier molecular flexibility index (Phi) is 15.5. The average Bonchev–Trinajstić information content (AvgIpc) is 3.22. The topological polar surface area (TPSA) is 193 Å². The third kappa shape index (κ3) is 10.7. The second-order valence-corrected chi connectivity index (χ2v) is 19.9. The summed E-state index contributed by atoms with van der Waals surface area (Å²) in [6.07, 6.45) is -8.38. The van der Waals surface area contributed by atoms with E-state index in [1.807, 2.05) is 36.1 Å². The minimum absolute atomic E-state index is 0.0356. The Morgan fingerprint density at radius 1 is 0.951 bits per heavy atom. The van der Waals surface area contributed by atoms with Crippen LogP contribution in [0.3, 0.4) is 0 Å². The highest BCUT2D eigenvalue weighted by Crippen LogP contribution is 2.38. The van der Waals surface area contributed by atoms with E-state index in [-0.39, 0.29) is 35.6 Å². The highest BCUT2D eigenvalue weighted by Gasteiger charge is 2.52. The van der Waals surface area contributed by atoms with Crippen molar-refractivity contribution in [1.29, 1.82) is 0 Å². The van der Waals surface area contributed by atoms with Crippen LogP contribution in [0.2, 0.25) is 0 Å². The molecule has 0 spiro atoms. The summed E-state index contributed by atoms with van der Waals surface area (Å²) in [5.74, 6) is -4.07. The Morgan fingerprint density at radius 2 is 1.57 bits per heavy atom. The fourth-order valence-electron chi connectivity index (χ4n) is 9.14. The molecule has 5 rings (SSSR count). The summed E-state index contributed by atoms with van der Waals surface area (Å²) >= 11 is 0. The molecule has 61 heavy (non-hydrogen) atoms. The van der Waals surface area contributed by atoms with Crippen molar-refractivity contribution in [1.82, 2.24) is 9.21 Å². The maximum absolute atomic E-state index is 14.5. The first-order valence-corrected chi connectivity index (χ1v) is 22.7. The van der Waals surface area contributed by atoms with Gasteiger partial charge in [0.1, 0.15) is 17.8 Å². The van der Waals surface area contributed by atoms with Gasteiger partial charge in [0, 0.05) is 25.6 Å². The Morgan fingerprint density at radius 3 is 2.21 bits per heavy atom. The van der Waals surface area contributed by atoms with Gasteiger partial charge in [0.25, 0.3) is 0 Å². The molecule has 0 radical (unpaired) electrons. The van der Waals surface area contributed by atoms with E-state index >= 15 is 0 Å². The molecule has 0 aliphatic carbocycles. The summed E-state index contributed by atoms with van der Waals surface area (Å²) in [4.78, 5) is 29.5. The Bertz CT molecular complexity index is 2070. The van der Waals surface area contributed by atoms with Crippen LogP contribution in [0.4, 0.5) is 0 Å². The molecule has 2 aliphatic rings. The van der Waals surface area contributed by atoms with Crippen LogP contribution in [-0.4, -0.2) is 137 Å². The van der Waals surface area contributed by atoms with Gasteiger partial charge in [-0.3, -0.25) is 4.79 Å². The van der Waals surface area contributed by atoms with E-state index in [0.29, 0.717) is 6.54 Å². The summed E-state index contributed by atoms with van der Waals surface area (Å²) in [7, 11) is -1.01. The second kappa shape index (κ2) is 19.5.